The van der Waals surface area contributed by atoms with Crippen molar-refractivity contribution in [3.63, 3.8) is 0 Å². The highest BCUT2D eigenvalue weighted by atomic mass is 15.0. The molecule has 0 N–H and O–H groups in total. The lowest BCUT2D eigenvalue weighted by atomic mass is 9.67. The zero-order chi connectivity index (χ0) is 25.1. The first kappa shape index (κ1) is 21.2. The van der Waals surface area contributed by atoms with E-state index in [2.05, 4.69) is 156 Å². The summed E-state index contributed by atoms with van der Waals surface area (Å²) in [5.41, 5.74) is 9.97. The third-order valence-electron chi connectivity index (χ3n) is 8.30. The highest BCUT2D eigenvalue weighted by Crippen LogP contribution is 2.57. The van der Waals surface area contributed by atoms with E-state index in [1.807, 2.05) is 0 Å². The average Bonchev–Trinajstić information content (AvgIpc) is 3.55. The van der Waals surface area contributed by atoms with Crippen molar-refractivity contribution in [2.45, 2.75) is 5.41 Å². The maximum absolute atomic E-state index is 2.40. The van der Waals surface area contributed by atoms with Gasteiger partial charge in [-0.3, -0.25) is 0 Å². The van der Waals surface area contributed by atoms with Gasteiger partial charge >= 0.3 is 0 Å². The number of benzene rings is 6. The van der Waals surface area contributed by atoms with Crippen LogP contribution in [0.1, 0.15) is 22.3 Å². The number of hydrogen-bond acceptors (Lipinski definition) is 0. The van der Waals surface area contributed by atoms with Gasteiger partial charge in [-0.05, 0) is 45.3 Å². The molecule has 1 aliphatic carbocycles. The van der Waals surface area contributed by atoms with Crippen LogP contribution in [0.15, 0.2) is 152 Å². The topological polar surface area (TPSA) is 4.93 Å². The van der Waals surface area contributed by atoms with Crippen molar-refractivity contribution < 1.29 is 0 Å². The van der Waals surface area contributed by atoms with Crippen LogP contribution in [-0.2, 0) is 5.41 Å². The minimum absolute atomic E-state index is 0.392. The molecule has 7 aromatic rings. The molecule has 1 nitrogen and oxygen atoms in total. The summed E-state index contributed by atoms with van der Waals surface area (Å²) in [6.07, 6.45) is 2.24. The third kappa shape index (κ3) is 2.76. The van der Waals surface area contributed by atoms with Gasteiger partial charge in [-0.15, -0.1) is 0 Å². The Kier molecular flexibility index (Phi) is 4.50. The Morgan fingerprint density at radius 1 is 0.447 bits per heavy atom. The van der Waals surface area contributed by atoms with E-state index in [-0.39, 0.29) is 0 Å². The summed E-state index contributed by atoms with van der Waals surface area (Å²) in [7, 11) is 0. The van der Waals surface area contributed by atoms with Crippen LogP contribution in [0.4, 0.5) is 0 Å². The molecule has 0 radical (unpaired) electrons. The number of hydrogen-bond donors (Lipinski definition) is 0. The second kappa shape index (κ2) is 8.06. The molecule has 6 aromatic carbocycles. The van der Waals surface area contributed by atoms with Crippen molar-refractivity contribution in [3.05, 3.63) is 174 Å². The van der Waals surface area contributed by atoms with Gasteiger partial charge in [0.2, 0.25) is 0 Å². The fraction of sp³-hybridized carbons (Fsp3) is 0.0270. The summed E-state index contributed by atoms with van der Waals surface area (Å²) in [4.78, 5) is 0. The average molecular weight is 484 g/mol. The number of nitrogens with zero attached hydrogens (tertiary/aromatic N) is 1. The molecule has 0 aliphatic heterocycles. The summed E-state index contributed by atoms with van der Waals surface area (Å²) in [5.74, 6) is 0. The largest absolute Gasteiger partial charge is 0.315 e. The molecule has 1 aromatic heterocycles. The Balaban J connectivity index is 1.55. The van der Waals surface area contributed by atoms with Crippen molar-refractivity contribution in [1.29, 1.82) is 0 Å². The van der Waals surface area contributed by atoms with Gasteiger partial charge < -0.3 is 4.57 Å². The molecule has 0 bridgehead atoms. The van der Waals surface area contributed by atoms with E-state index in [1.165, 1.54) is 60.7 Å². The van der Waals surface area contributed by atoms with Crippen molar-refractivity contribution in [1.82, 2.24) is 4.57 Å². The van der Waals surface area contributed by atoms with Crippen LogP contribution in [0.3, 0.4) is 0 Å². The third-order valence-corrected chi connectivity index (χ3v) is 8.30. The molecule has 0 amide bonds. The highest BCUT2D eigenvalue weighted by Gasteiger charge is 2.46. The molecule has 38 heavy (non-hydrogen) atoms. The zero-order valence-electron chi connectivity index (χ0n) is 20.9. The number of rotatable bonds is 3. The zero-order valence-corrected chi connectivity index (χ0v) is 20.9. The van der Waals surface area contributed by atoms with Crippen molar-refractivity contribution in [2.24, 2.45) is 0 Å². The molecule has 1 aliphatic rings. The monoisotopic (exact) mass is 483 g/mol. The molecule has 8 rings (SSSR count). The van der Waals surface area contributed by atoms with Crippen LogP contribution < -0.4 is 0 Å². The molecule has 0 atom stereocenters. The van der Waals surface area contributed by atoms with Gasteiger partial charge in [0.25, 0.3) is 0 Å². The SMILES string of the molecule is c1ccc(C2(c3ccccc3)c3ccccc3-c3c2ccc2ccn(-c4cccc5ccccc45)c32)cc1. The van der Waals surface area contributed by atoms with E-state index in [9.17, 15) is 0 Å². The van der Waals surface area contributed by atoms with E-state index in [0.717, 1.165) is 0 Å². The Labute approximate surface area is 222 Å². The van der Waals surface area contributed by atoms with Crippen LogP contribution in [0.25, 0.3) is 38.5 Å². The summed E-state index contributed by atoms with van der Waals surface area (Å²) >= 11 is 0. The minimum Gasteiger partial charge on any atom is -0.315 e. The highest BCUT2D eigenvalue weighted by molar-refractivity contribution is 6.04. The first-order chi connectivity index (χ1) is 18.9. The van der Waals surface area contributed by atoms with E-state index in [4.69, 9.17) is 0 Å². The Bertz CT molecular complexity index is 1920. The van der Waals surface area contributed by atoms with Crippen molar-refractivity contribution in [3.8, 4) is 16.8 Å². The van der Waals surface area contributed by atoms with Crippen molar-refractivity contribution >= 4 is 21.7 Å². The number of fused-ring (bicyclic) bond motifs is 6. The maximum atomic E-state index is 2.40. The first-order valence-electron chi connectivity index (χ1n) is 13.2. The lowest BCUT2D eigenvalue weighted by molar-refractivity contribution is 0.769. The van der Waals surface area contributed by atoms with E-state index >= 15 is 0 Å². The molecule has 0 saturated heterocycles. The van der Waals surface area contributed by atoms with E-state index < -0.39 is 5.41 Å². The van der Waals surface area contributed by atoms with Gasteiger partial charge in [0.1, 0.15) is 0 Å². The predicted octanol–water partition coefficient (Wildman–Crippen LogP) is 9.15. The molecule has 1 heterocycles. The van der Waals surface area contributed by atoms with Gasteiger partial charge in [-0.1, -0.05) is 133 Å². The second-order valence-electron chi connectivity index (χ2n) is 10.1. The van der Waals surface area contributed by atoms with E-state index in [1.54, 1.807) is 0 Å². The molecule has 0 saturated carbocycles. The quantitative estimate of drug-likeness (QED) is 0.236. The molecule has 1 heteroatoms. The fourth-order valence-corrected chi connectivity index (χ4v) is 6.77. The van der Waals surface area contributed by atoms with Gasteiger partial charge in [-0.25, -0.2) is 0 Å². The van der Waals surface area contributed by atoms with Crippen LogP contribution in [0.5, 0.6) is 0 Å². The molecule has 0 fully saturated rings. The number of aromatic nitrogens is 1. The van der Waals surface area contributed by atoms with Crippen LogP contribution in [0, 0.1) is 0 Å². The first-order valence-corrected chi connectivity index (χ1v) is 13.2. The molecule has 0 unspecified atom stereocenters. The molecular formula is C37H25N. The summed E-state index contributed by atoms with van der Waals surface area (Å²) in [5, 5.41) is 3.76. The van der Waals surface area contributed by atoms with Crippen LogP contribution >= 0.6 is 0 Å². The lowest BCUT2D eigenvalue weighted by Gasteiger charge is -2.33. The molecule has 178 valence electrons. The fourth-order valence-electron chi connectivity index (χ4n) is 6.77. The van der Waals surface area contributed by atoms with Crippen LogP contribution in [0.2, 0.25) is 0 Å². The van der Waals surface area contributed by atoms with Gasteiger partial charge in [-0.2, -0.15) is 0 Å². The molecular weight excluding hydrogens is 458 g/mol. The molecule has 0 spiro atoms. The maximum Gasteiger partial charge on any atom is 0.0714 e. The van der Waals surface area contributed by atoms with Gasteiger partial charge in [0.15, 0.2) is 0 Å². The summed E-state index contributed by atoms with van der Waals surface area (Å²) in [6, 6.07) is 53.2. The Hall–Kier alpha value is -4.88. The summed E-state index contributed by atoms with van der Waals surface area (Å²) < 4.78 is 2.40. The smallest absolute Gasteiger partial charge is 0.0714 e. The second-order valence-corrected chi connectivity index (χ2v) is 10.1. The standard InChI is InChI=1S/C37H25N/c1-3-14-28(15-4-1)37(29-16-5-2-6-17-29)32-20-10-9-19-31(32)35-33(37)23-22-27-24-25-38(36(27)35)34-21-11-13-26-12-7-8-18-30(26)34/h1-25H. The Morgan fingerprint density at radius 3 is 1.89 bits per heavy atom. The van der Waals surface area contributed by atoms with E-state index in [0.29, 0.717) is 0 Å². The predicted molar refractivity (Wildman–Crippen MR) is 158 cm³/mol. The van der Waals surface area contributed by atoms with Gasteiger partial charge in [0, 0.05) is 22.5 Å². The normalized spacial score (nSPS) is 13.5. The van der Waals surface area contributed by atoms with Crippen LogP contribution in [-0.4, -0.2) is 4.57 Å². The van der Waals surface area contributed by atoms with Gasteiger partial charge in [0.05, 0.1) is 16.6 Å². The minimum atomic E-state index is -0.392. The van der Waals surface area contributed by atoms with Crippen molar-refractivity contribution in [2.75, 3.05) is 0 Å². The Morgan fingerprint density at radius 2 is 1.11 bits per heavy atom. The lowest BCUT2D eigenvalue weighted by Crippen LogP contribution is -2.28. The summed E-state index contributed by atoms with van der Waals surface area (Å²) in [6.45, 7) is 0.